The van der Waals surface area contributed by atoms with Gasteiger partial charge in [-0.05, 0) is 36.5 Å². The predicted octanol–water partition coefficient (Wildman–Crippen LogP) is 4.37. The smallest absolute Gasteiger partial charge is 0.395 e. The van der Waals surface area contributed by atoms with E-state index >= 15 is 0 Å². The van der Waals surface area contributed by atoms with E-state index in [-0.39, 0.29) is 16.9 Å². The van der Waals surface area contributed by atoms with Gasteiger partial charge in [0.1, 0.15) is 5.84 Å². The molecule has 28 heavy (non-hydrogen) atoms. The highest BCUT2D eigenvalue weighted by Gasteiger charge is 2.46. The van der Waals surface area contributed by atoms with Gasteiger partial charge >= 0.3 is 6.29 Å². The molecule has 0 atom stereocenters. The van der Waals surface area contributed by atoms with Crippen molar-refractivity contribution in [2.45, 2.75) is 32.1 Å². The fourth-order valence-corrected chi connectivity index (χ4v) is 4.15. The lowest BCUT2D eigenvalue weighted by atomic mass is 9.71. The minimum absolute atomic E-state index is 0.0431. The average Bonchev–Trinajstić information content (AvgIpc) is 2.99. The molecule has 1 N–H and O–H groups in total. The summed E-state index contributed by atoms with van der Waals surface area (Å²) in [5.41, 5.74) is 2.61. The summed E-state index contributed by atoms with van der Waals surface area (Å²) in [6, 6.07) is 13.3. The second-order valence-corrected chi connectivity index (χ2v) is 7.47. The Morgan fingerprint density at radius 3 is 2.46 bits per heavy atom. The number of nitrogens with one attached hydrogen (secondary N) is 1. The standard InChI is InChI=1S/C21H20F2N2O3/c22-21(23)27-17-10-15-12-20(6-8-26-9-7-20)19(25-16(15)11-18(17)28-21)24-13-14-4-2-1-3-5-14/h1-5,10-11H,6-9,12-13H2,(H,24,25). The van der Waals surface area contributed by atoms with Gasteiger partial charge in [0.2, 0.25) is 0 Å². The van der Waals surface area contributed by atoms with Crippen molar-refractivity contribution in [2.24, 2.45) is 10.4 Å². The topological polar surface area (TPSA) is 52.1 Å². The minimum Gasteiger partial charge on any atom is -0.395 e. The van der Waals surface area contributed by atoms with E-state index in [1.165, 1.54) is 0 Å². The molecule has 1 fully saturated rings. The zero-order valence-corrected chi connectivity index (χ0v) is 15.2. The number of ether oxygens (including phenoxy) is 3. The molecular formula is C21H20F2N2O3. The van der Waals surface area contributed by atoms with Crippen LogP contribution in [0.25, 0.3) is 0 Å². The highest BCUT2D eigenvalue weighted by atomic mass is 19.3. The maximum Gasteiger partial charge on any atom is 0.586 e. The van der Waals surface area contributed by atoms with Gasteiger partial charge in [0.05, 0.1) is 6.54 Å². The van der Waals surface area contributed by atoms with E-state index in [0.29, 0.717) is 26.2 Å². The molecule has 0 aromatic heterocycles. The number of fused-ring (bicyclic) bond motifs is 2. The van der Waals surface area contributed by atoms with Crippen molar-refractivity contribution >= 4 is 11.5 Å². The first-order valence-corrected chi connectivity index (χ1v) is 9.39. The van der Waals surface area contributed by atoms with Gasteiger partial charge in [0, 0.05) is 30.4 Å². The molecule has 2 aromatic rings. The molecule has 0 radical (unpaired) electrons. The number of aliphatic imine (C=N–C) groups is 1. The molecule has 146 valence electrons. The maximum absolute atomic E-state index is 13.5. The fraction of sp³-hybridized carbons (Fsp3) is 0.381. The van der Waals surface area contributed by atoms with Crippen LogP contribution in [0.3, 0.4) is 0 Å². The zero-order valence-electron chi connectivity index (χ0n) is 15.2. The molecule has 3 aliphatic rings. The van der Waals surface area contributed by atoms with Gasteiger partial charge in [-0.2, -0.15) is 0 Å². The predicted molar refractivity (Wildman–Crippen MR) is 100 cm³/mol. The quantitative estimate of drug-likeness (QED) is 0.833. The Morgan fingerprint density at radius 1 is 1.00 bits per heavy atom. The third kappa shape index (κ3) is 3.09. The number of amidine groups is 1. The molecule has 1 saturated heterocycles. The van der Waals surface area contributed by atoms with Crippen LogP contribution >= 0.6 is 0 Å². The molecule has 0 bridgehead atoms. The van der Waals surface area contributed by atoms with Gasteiger partial charge < -0.3 is 19.5 Å². The van der Waals surface area contributed by atoms with Gasteiger partial charge in [-0.1, -0.05) is 30.3 Å². The van der Waals surface area contributed by atoms with Crippen molar-refractivity contribution in [1.82, 2.24) is 0 Å². The number of alkyl halides is 2. The zero-order chi connectivity index (χ0) is 19.2. The Kier molecular flexibility index (Phi) is 4.01. The van der Waals surface area contributed by atoms with E-state index in [2.05, 4.69) is 14.8 Å². The van der Waals surface area contributed by atoms with Crippen molar-refractivity contribution in [3.63, 3.8) is 0 Å². The van der Waals surface area contributed by atoms with Crippen molar-refractivity contribution in [1.29, 1.82) is 0 Å². The summed E-state index contributed by atoms with van der Waals surface area (Å²) < 4.78 is 41.7. The molecule has 2 aromatic carbocycles. The van der Waals surface area contributed by atoms with Crippen LogP contribution < -0.4 is 14.8 Å². The number of hydrogen-bond acceptors (Lipinski definition) is 4. The molecular weight excluding hydrogens is 366 g/mol. The molecule has 5 rings (SSSR count). The lowest BCUT2D eigenvalue weighted by Gasteiger charge is -2.42. The summed E-state index contributed by atoms with van der Waals surface area (Å²) in [4.78, 5) is 4.88. The van der Waals surface area contributed by atoms with Crippen LogP contribution in [0.5, 0.6) is 11.5 Å². The molecule has 0 amide bonds. The highest BCUT2D eigenvalue weighted by molar-refractivity contribution is 6.03. The van der Waals surface area contributed by atoms with E-state index < -0.39 is 6.29 Å². The molecule has 0 saturated carbocycles. The fourth-order valence-electron chi connectivity index (χ4n) is 4.15. The Labute approximate surface area is 161 Å². The van der Waals surface area contributed by atoms with Gasteiger partial charge in [-0.3, -0.25) is 4.99 Å². The summed E-state index contributed by atoms with van der Waals surface area (Å²) in [7, 11) is 0. The van der Waals surface area contributed by atoms with Gasteiger partial charge in [0.15, 0.2) is 11.5 Å². The molecule has 3 aliphatic heterocycles. The number of benzene rings is 2. The molecule has 0 unspecified atom stereocenters. The maximum atomic E-state index is 13.5. The third-order valence-corrected chi connectivity index (χ3v) is 5.62. The molecule has 5 nitrogen and oxygen atoms in total. The van der Waals surface area contributed by atoms with Crippen LogP contribution in [0.4, 0.5) is 14.5 Å². The first-order valence-electron chi connectivity index (χ1n) is 9.39. The van der Waals surface area contributed by atoms with Gasteiger partial charge in [0.25, 0.3) is 0 Å². The lowest BCUT2D eigenvalue weighted by molar-refractivity contribution is -0.286. The molecule has 0 aliphatic carbocycles. The molecule has 7 heteroatoms. The third-order valence-electron chi connectivity index (χ3n) is 5.62. The van der Waals surface area contributed by atoms with E-state index in [1.54, 1.807) is 12.1 Å². The largest absolute Gasteiger partial charge is 0.586 e. The van der Waals surface area contributed by atoms with Crippen molar-refractivity contribution in [3.05, 3.63) is 53.6 Å². The summed E-state index contributed by atoms with van der Waals surface area (Å²) in [5.74, 6) is 1.01. The van der Waals surface area contributed by atoms with E-state index in [4.69, 9.17) is 9.73 Å². The summed E-state index contributed by atoms with van der Waals surface area (Å²) in [5, 5.41) is 3.40. The number of anilines is 1. The minimum atomic E-state index is -3.62. The van der Waals surface area contributed by atoms with E-state index in [9.17, 15) is 8.78 Å². The van der Waals surface area contributed by atoms with Gasteiger partial charge in [-0.25, -0.2) is 0 Å². The molecule has 3 heterocycles. The Morgan fingerprint density at radius 2 is 1.71 bits per heavy atom. The van der Waals surface area contributed by atoms with Crippen LogP contribution in [-0.4, -0.2) is 25.3 Å². The van der Waals surface area contributed by atoms with Crippen LogP contribution in [-0.2, 0) is 17.7 Å². The Balaban J connectivity index is 1.51. The Hall–Kier alpha value is -2.67. The number of hydrogen-bond donors (Lipinski definition) is 1. The first kappa shape index (κ1) is 17.4. The lowest BCUT2D eigenvalue weighted by Crippen LogP contribution is -2.45. The van der Waals surface area contributed by atoms with Crippen molar-refractivity contribution in [3.8, 4) is 11.5 Å². The summed E-state index contributed by atoms with van der Waals surface area (Å²) >= 11 is 0. The monoisotopic (exact) mass is 386 g/mol. The normalized spacial score (nSPS) is 22.7. The SMILES string of the molecule is FC1(F)Oc2cc3c(cc2O1)NC(=NCc1ccccc1)C1(CCOCC1)C3. The van der Waals surface area contributed by atoms with Gasteiger partial charge in [-0.15, -0.1) is 8.78 Å². The van der Waals surface area contributed by atoms with Crippen molar-refractivity contribution in [2.75, 3.05) is 18.5 Å². The molecule has 1 spiro atoms. The van der Waals surface area contributed by atoms with Crippen LogP contribution in [0.15, 0.2) is 47.5 Å². The summed E-state index contributed by atoms with van der Waals surface area (Å²) in [6.07, 6.45) is -1.25. The second kappa shape index (κ2) is 6.44. The second-order valence-electron chi connectivity index (χ2n) is 7.47. The summed E-state index contributed by atoms with van der Waals surface area (Å²) in [6.45, 7) is 1.87. The van der Waals surface area contributed by atoms with E-state index in [1.807, 2.05) is 30.3 Å². The number of rotatable bonds is 2. The van der Waals surface area contributed by atoms with Crippen LogP contribution in [0.1, 0.15) is 24.0 Å². The van der Waals surface area contributed by atoms with Crippen LogP contribution in [0.2, 0.25) is 0 Å². The van der Waals surface area contributed by atoms with Crippen molar-refractivity contribution < 1.29 is 23.0 Å². The first-order chi connectivity index (χ1) is 13.5. The average molecular weight is 386 g/mol. The van der Waals surface area contributed by atoms with Crippen LogP contribution in [0, 0.1) is 5.41 Å². The number of nitrogens with zero attached hydrogens (tertiary/aromatic N) is 1. The number of halogens is 2. The Bertz CT molecular complexity index is 925. The highest BCUT2D eigenvalue weighted by Crippen LogP contribution is 2.48. The van der Waals surface area contributed by atoms with E-state index in [0.717, 1.165) is 35.5 Å².